The Morgan fingerprint density at radius 2 is 1.79 bits per heavy atom. The van der Waals surface area contributed by atoms with Crippen molar-refractivity contribution in [1.29, 1.82) is 0 Å². The molecule has 28 heavy (non-hydrogen) atoms. The maximum absolute atomic E-state index is 12.8. The largest absolute Gasteiger partial charge is 0.349 e. The van der Waals surface area contributed by atoms with Gasteiger partial charge in [0, 0.05) is 28.5 Å². The van der Waals surface area contributed by atoms with Crippen molar-refractivity contribution in [3.8, 4) is 0 Å². The summed E-state index contributed by atoms with van der Waals surface area (Å²) in [5.41, 5.74) is 1.80. The molecule has 0 spiro atoms. The van der Waals surface area contributed by atoms with Gasteiger partial charge in [0.15, 0.2) is 0 Å². The summed E-state index contributed by atoms with van der Waals surface area (Å²) < 4.78 is 1.04. The molecule has 1 heterocycles. The van der Waals surface area contributed by atoms with Crippen LogP contribution >= 0.6 is 27.7 Å². The van der Waals surface area contributed by atoms with E-state index >= 15 is 0 Å². The lowest BCUT2D eigenvalue weighted by molar-refractivity contribution is -0.127. The van der Waals surface area contributed by atoms with Gasteiger partial charge in [0.2, 0.25) is 5.91 Å². The van der Waals surface area contributed by atoms with Crippen LogP contribution in [0.5, 0.6) is 0 Å². The molecule has 6 heteroatoms. The molecule has 2 aromatic rings. The van der Waals surface area contributed by atoms with E-state index in [1.807, 2.05) is 48.2 Å². The van der Waals surface area contributed by atoms with Crippen LogP contribution in [0, 0.1) is 0 Å². The summed E-state index contributed by atoms with van der Waals surface area (Å²) >= 11 is 4.88. The summed E-state index contributed by atoms with van der Waals surface area (Å²) in [4.78, 5) is 27.9. The lowest BCUT2D eigenvalue weighted by atomic mass is 10.1. The van der Waals surface area contributed by atoms with E-state index < -0.39 is 0 Å². The summed E-state index contributed by atoms with van der Waals surface area (Å²) in [6.45, 7) is 3.72. The van der Waals surface area contributed by atoms with Crippen LogP contribution in [0.15, 0.2) is 57.9 Å². The number of likely N-dealkylation sites (tertiary alicyclic amines) is 1. The fourth-order valence-corrected chi connectivity index (χ4v) is 4.52. The summed E-state index contributed by atoms with van der Waals surface area (Å²) in [7, 11) is 0. The molecule has 1 fully saturated rings. The number of hydrogen-bond donors (Lipinski definition) is 1. The molecule has 1 atom stereocenters. The quantitative estimate of drug-likeness (QED) is 0.617. The van der Waals surface area contributed by atoms with E-state index in [1.54, 1.807) is 0 Å². The smallest absolute Gasteiger partial charge is 0.252 e. The van der Waals surface area contributed by atoms with Gasteiger partial charge in [-0.05, 0) is 56.0 Å². The van der Waals surface area contributed by atoms with Crippen molar-refractivity contribution in [1.82, 2.24) is 10.2 Å². The lowest BCUT2D eigenvalue weighted by Crippen LogP contribution is -2.34. The molecule has 2 amide bonds. The second-order valence-corrected chi connectivity index (χ2v) is 9.01. The van der Waals surface area contributed by atoms with Crippen molar-refractivity contribution in [2.75, 3.05) is 18.8 Å². The zero-order valence-corrected chi connectivity index (χ0v) is 18.4. The first-order chi connectivity index (χ1) is 13.5. The minimum Gasteiger partial charge on any atom is -0.349 e. The number of halogens is 1. The minimum atomic E-state index is -0.0960. The molecule has 0 bridgehead atoms. The Balaban J connectivity index is 1.58. The molecule has 4 nitrogen and oxygen atoms in total. The van der Waals surface area contributed by atoms with Gasteiger partial charge >= 0.3 is 0 Å². The maximum Gasteiger partial charge on any atom is 0.252 e. The fraction of sp³-hybridized carbons (Fsp3) is 0.364. The van der Waals surface area contributed by atoms with Gasteiger partial charge in [-0.1, -0.05) is 40.2 Å². The number of carbonyl (C=O) groups excluding carboxylic acids is 2. The third kappa shape index (κ3) is 5.85. The highest BCUT2D eigenvalue weighted by atomic mass is 79.9. The molecule has 0 saturated carbocycles. The standard InChI is InChI=1S/C22H25BrN2O2S/c1-16(14-17-8-10-18(23)11-9-17)24-22(27)19-6-2-3-7-20(19)28-15-21(26)25-12-4-5-13-25/h2-3,6-11,16H,4-5,12-15H2,1H3,(H,24,27). The molecule has 1 aliphatic rings. The molecule has 3 rings (SSSR count). The van der Waals surface area contributed by atoms with E-state index in [4.69, 9.17) is 0 Å². The van der Waals surface area contributed by atoms with Gasteiger partial charge in [-0.15, -0.1) is 11.8 Å². The Bertz CT molecular complexity index is 820. The first kappa shape index (κ1) is 20.9. The number of hydrogen-bond acceptors (Lipinski definition) is 3. The van der Waals surface area contributed by atoms with E-state index in [2.05, 4.69) is 33.4 Å². The van der Waals surface area contributed by atoms with Gasteiger partial charge in [-0.25, -0.2) is 0 Å². The Labute approximate surface area is 179 Å². The Morgan fingerprint density at radius 1 is 1.11 bits per heavy atom. The molecule has 2 aromatic carbocycles. The average Bonchev–Trinajstić information content (AvgIpc) is 3.23. The number of thioether (sulfide) groups is 1. The van der Waals surface area contributed by atoms with Crippen LogP contribution < -0.4 is 5.32 Å². The Kier molecular flexibility index (Phi) is 7.57. The van der Waals surface area contributed by atoms with Crippen LogP contribution in [0.3, 0.4) is 0 Å². The Morgan fingerprint density at radius 3 is 2.50 bits per heavy atom. The average molecular weight is 461 g/mol. The predicted octanol–water partition coefficient (Wildman–Crippen LogP) is 4.52. The number of rotatable bonds is 7. The highest BCUT2D eigenvalue weighted by Gasteiger charge is 2.19. The molecule has 0 aromatic heterocycles. The van der Waals surface area contributed by atoms with Crippen molar-refractivity contribution < 1.29 is 9.59 Å². The van der Waals surface area contributed by atoms with Crippen LogP contribution in [0.1, 0.15) is 35.7 Å². The summed E-state index contributed by atoms with van der Waals surface area (Å²) in [5.74, 6) is 0.432. The van der Waals surface area contributed by atoms with Crippen molar-refractivity contribution >= 4 is 39.5 Å². The van der Waals surface area contributed by atoms with Gasteiger partial charge in [0.05, 0.1) is 11.3 Å². The van der Waals surface area contributed by atoms with Gasteiger partial charge in [0.1, 0.15) is 0 Å². The molecule has 1 aliphatic heterocycles. The number of nitrogens with one attached hydrogen (secondary N) is 1. The van der Waals surface area contributed by atoms with Crippen molar-refractivity contribution in [3.63, 3.8) is 0 Å². The van der Waals surface area contributed by atoms with E-state index in [1.165, 1.54) is 17.3 Å². The van der Waals surface area contributed by atoms with E-state index in [0.29, 0.717) is 11.3 Å². The molecule has 0 aliphatic carbocycles. The fourth-order valence-electron chi connectivity index (χ4n) is 3.30. The Hall–Kier alpha value is -1.79. The summed E-state index contributed by atoms with van der Waals surface area (Å²) in [5, 5.41) is 3.08. The van der Waals surface area contributed by atoms with Crippen LogP contribution in [0.25, 0.3) is 0 Å². The number of nitrogens with zero attached hydrogens (tertiary/aromatic N) is 1. The van der Waals surface area contributed by atoms with Crippen molar-refractivity contribution in [3.05, 3.63) is 64.1 Å². The van der Waals surface area contributed by atoms with Crippen LogP contribution in [-0.4, -0.2) is 41.6 Å². The minimum absolute atomic E-state index is 0.0120. The van der Waals surface area contributed by atoms with E-state index in [9.17, 15) is 9.59 Å². The topological polar surface area (TPSA) is 49.4 Å². The highest BCUT2D eigenvalue weighted by Crippen LogP contribution is 2.24. The first-order valence-electron chi connectivity index (χ1n) is 9.58. The second-order valence-electron chi connectivity index (χ2n) is 7.08. The van der Waals surface area contributed by atoms with Gasteiger partial charge in [0.25, 0.3) is 5.91 Å². The third-order valence-electron chi connectivity index (χ3n) is 4.77. The summed E-state index contributed by atoms with van der Waals surface area (Å²) in [6.07, 6.45) is 2.94. The monoisotopic (exact) mass is 460 g/mol. The number of benzene rings is 2. The van der Waals surface area contributed by atoms with E-state index in [-0.39, 0.29) is 17.9 Å². The SMILES string of the molecule is CC(Cc1ccc(Br)cc1)NC(=O)c1ccccc1SCC(=O)N1CCCC1. The predicted molar refractivity (Wildman–Crippen MR) is 118 cm³/mol. The molecular weight excluding hydrogens is 436 g/mol. The van der Waals surface area contributed by atoms with Gasteiger partial charge in [-0.2, -0.15) is 0 Å². The van der Waals surface area contributed by atoms with Gasteiger partial charge in [-0.3, -0.25) is 9.59 Å². The molecular formula is C22H25BrN2O2S. The van der Waals surface area contributed by atoms with Crippen LogP contribution in [0.2, 0.25) is 0 Å². The van der Waals surface area contributed by atoms with Crippen molar-refractivity contribution in [2.45, 2.75) is 37.1 Å². The van der Waals surface area contributed by atoms with Crippen LogP contribution in [0.4, 0.5) is 0 Å². The molecule has 0 radical (unpaired) electrons. The van der Waals surface area contributed by atoms with Gasteiger partial charge < -0.3 is 10.2 Å². The zero-order valence-electron chi connectivity index (χ0n) is 16.0. The molecule has 1 saturated heterocycles. The summed E-state index contributed by atoms with van der Waals surface area (Å²) in [6, 6.07) is 15.6. The van der Waals surface area contributed by atoms with Crippen molar-refractivity contribution in [2.24, 2.45) is 0 Å². The first-order valence-corrected chi connectivity index (χ1v) is 11.4. The zero-order chi connectivity index (χ0) is 19.9. The molecule has 1 unspecified atom stereocenters. The maximum atomic E-state index is 12.8. The molecule has 1 N–H and O–H groups in total. The highest BCUT2D eigenvalue weighted by molar-refractivity contribution is 9.10. The number of carbonyl (C=O) groups is 2. The third-order valence-corrected chi connectivity index (χ3v) is 6.36. The van der Waals surface area contributed by atoms with Crippen LogP contribution in [-0.2, 0) is 11.2 Å². The number of amides is 2. The lowest BCUT2D eigenvalue weighted by Gasteiger charge is -2.17. The second kappa shape index (κ2) is 10.1. The van der Waals surface area contributed by atoms with E-state index in [0.717, 1.165) is 41.7 Å². The molecule has 148 valence electrons. The normalized spacial score (nSPS) is 14.7.